The number of amides is 1. The molecule has 0 saturated carbocycles. The van der Waals surface area contributed by atoms with E-state index in [1.165, 1.54) is 6.07 Å². The first-order valence-corrected chi connectivity index (χ1v) is 5.07. The molecule has 0 aliphatic carbocycles. The van der Waals surface area contributed by atoms with Gasteiger partial charge in [0.25, 0.3) is 0 Å². The maximum Gasteiger partial charge on any atom is 0.353 e. The van der Waals surface area contributed by atoms with Crippen LogP contribution in [0.3, 0.4) is 0 Å². The summed E-state index contributed by atoms with van der Waals surface area (Å²) >= 11 is 0. The fourth-order valence-corrected chi connectivity index (χ4v) is 1.12. The number of hydrogen-bond donors (Lipinski definition) is 3. The monoisotopic (exact) mass is 225 g/mol. The number of rotatable bonds is 5. The van der Waals surface area contributed by atoms with Crippen molar-refractivity contribution in [1.82, 2.24) is 10.2 Å². The number of carboxylic acids is 1. The Morgan fingerprint density at radius 1 is 1.56 bits per heavy atom. The second-order valence-corrected chi connectivity index (χ2v) is 3.95. The van der Waals surface area contributed by atoms with E-state index in [-0.39, 0.29) is 17.4 Å². The number of nitrogens with zero attached hydrogens (tertiary/aromatic N) is 1. The van der Waals surface area contributed by atoms with Crippen molar-refractivity contribution < 1.29 is 14.7 Å². The standard InChI is InChI=1S/C10H15N3O3/c1-6(2)3-4-9(14)11-8-5-7(10(15)16)12-13-8/h5-6H,3-4H2,1-2H3,(H,15,16)(H2,11,12,13,14). The molecule has 1 amide bonds. The maximum atomic E-state index is 11.4. The van der Waals surface area contributed by atoms with Gasteiger partial charge < -0.3 is 10.4 Å². The predicted molar refractivity (Wildman–Crippen MR) is 58.2 cm³/mol. The molecule has 0 bridgehead atoms. The van der Waals surface area contributed by atoms with E-state index in [1.807, 2.05) is 13.8 Å². The number of hydrogen-bond acceptors (Lipinski definition) is 3. The number of aromatic carboxylic acids is 1. The van der Waals surface area contributed by atoms with Crippen LogP contribution in [0.25, 0.3) is 0 Å². The van der Waals surface area contributed by atoms with Crippen molar-refractivity contribution in [1.29, 1.82) is 0 Å². The zero-order chi connectivity index (χ0) is 12.1. The minimum absolute atomic E-state index is 0.0424. The first-order chi connectivity index (χ1) is 7.49. The number of carboxylic acid groups (broad SMARTS) is 1. The van der Waals surface area contributed by atoms with Crippen LogP contribution in [0.2, 0.25) is 0 Å². The molecule has 0 aliphatic rings. The highest BCUT2D eigenvalue weighted by Gasteiger charge is 2.10. The number of anilines is 1. The molecule has 0 atom stereocenters. The van der Waals surface area contributed by atoms with Crippen LogP contribution >= 0.6 is 0 Å². The van der Waals surface area contributed by atoms with E-state index in [0.29, 0.717) is 12.3 Å². The van der Waals surface area contributed by atoms with Crippen LogP contribution in [0.5, 0.6) is 0 Å². The summed E-state index contributed by atoms with van der Waals surface area (Å²) in [7, 11) is 0. The highest BCUT2D eigenvalue weighted by Crippen LogP contribution is 2.08. The maximum absolute atomic E-state index is 11.4. The van der Waals surface area contributed by atoms with E-state index in [9.17, 15) is 9.59 Å². The Morgan fingerprint density at radius 2 is 2.25 bits per heavy atom. The van der Waals surface area contributed by atoms with Gasteiger partial charge in [0.05, 0.1) is 0 Å². The largest absolute Gasteiger partial charge is 0.477 e. The zero-order valence-electron chi connectivity index (χ0n) is 9.28. The first-order valence-electron chi connectivity index (χ1n) is 5.07. The number of carbonyl (C=O) groups excluding carboxylic acids is 1. The van der Waals surface area contributed by atoms with E-state index in [2.05, 4.69) is 15.5 Å². The summed E-state index contributed by atoms with van der Waals surface area (Å²) in [5, 5.41) is 17.1. The second kappa shape index (κ2) is 5.29. The topological polar surface area (TPSA) is 95.1 Å². The van der Waals surface area contributed by atoms with Gasteiger partial charge in [-0.1, -0.05) is 13.8 Å². The molecule has 88 valence electrons. The number of H-pyrrole nitrogens is 1. The fourth-order valence-electron chi connectivity index (χ4n) is 1.12. The summed E-state index contributed by atoms with van der Waals surface area (Å²) in [5.41, 5.74) is -0.0424. The van der Waals surface area contributed by atoms with Gasteiger partial charge in [0.15, 0.2) is 5.82 Å². The van der Waals surface area contributed by atoms with Crippen LogP contribution < -0.4 is 5.32 Å². The number of aromatic nitrogens is 2. The van der Waals surface area contributed by atoms with E-state index in [4.69, 9.17) is 5.11 Å². The van der Waals surface area contributed by atoms with Crippen molar-refractivity contribution in [3.8, 4) is 0 Å². The molecule has 0 unspecified atom stereocenters. The minimum Gasteiger partial charge on any atom is -0.477 e. The zero-order valence-corrected chi connectivity index (χ0v) is 9.28. The van der Waals surface area contributed by atoms with Crippen molar-refractivity contribution in [2.45, 2.75) is 26.7 Å². The smallest absolute Gasteiger partial charge is 0.353 e. The third kappa shape index (κ3) is 3.72. The van der Waals surface area contributed by atoms with Gasteiger partial charge in [-0.05, 0) is 12.3 Å². The van der Waals surface area contributed by atoms with Crippen LogP contribution in [-0.4, -0.2) is 27.2 Å². The molecule has 0 aromatic carbocycles. The SMILES string of the molecule is CC(C)CCC(=O)Nc1cc(C(=O)O)[nH]n1. The quantitative estimate of drug-likeness (QED) is 0.707. The van der Waals surface area contributed by atoms with Crippen LogP contribution in [0.1, 0.15) is 37.2 Å². The summed E-state index contributed by atoms with van der Waals surface area (Å²) in [6.45, 7) is 4.06. The average molecular weight is 225 g/mol. The van der Waals surface area contributed by atoms with Crippen LogP contribution in [0.4, 0.5) is 5.82 Å². The number of carbonyl (C=O) groups is 2. The molecule has 1 aromatic rings. The van der Waals surface area contributed by atoms with Gasteiger partial charge in [0, 0.05) is 12.5 Å². The molecular weight excluding hydrogens is 210 g/mol. The van der Waals surface area contributed by atoms with Gasteiger partial charge in [-0.15, -0.1) is 0 Å². The normalized spacial score (nSPS) is 10.4. The summed E-state index contributed by atoms with van der Waals surface area (Å²) in [6.07, 6.45) is 1.20. The molecular formula is C10H15N3O3. The number of nitrogens with one attached hydrogen (secondary N) is 2. The summed E-state index contributed by atoms with van der Waals surface area (Å²) in [5.74, 6) is -0.557. The van der Waals surface area contributed by atoms with Crippen molar-refractivity contribution in [2.24, 2.45) is 5.92 Å². The van der Waals surface area contributed by atoms with Gasteiger partial charge in [0.1, 0.15) is 5.69 Å². The van der Waals surface area contributed by atoms with Crippen LogP contribution in [0, 0.1) is 5.92 Å². The molecule has 6 heteroatoms. The van der Waals surface area contributed by atoms with Gasteiger partial charge in [0.2, 0.25) is 5.91 Å². The second-order valence-electron chi connectivity index (χ2n) is 3.95. The highest BCUT2D eigenvalue weighted by molar-refractivity contribution is 5.92. The average Bonchev–Trinajstić information content (AvgIpc) is 2.63. The molecule has 1 aromatic heterocycles. The molecule has 1 heterocycles. The van der Waals surface area contributed by atoms with Gasteiger partial charge >= 0.3 is 5.97 Å². The molecule has 6 nitrogen and oxygen atoms in total. The fraction of sp³-hybridized carbons (Fsp3) is 0.500. The van der Waals surface area contributed by atoms with E-state index < -0.39 is 5.97 Å². The third-order valence-electron chi connectivity index (χ3n) is 2.02. The first kappa shape index (κ1) is 12.2. The molecule has 0 fully saturated rings. The summed E-state index contributed by atoms with van der Waals surface area (Å²) in [6, 6.07) is 1.29. The van der Waals surface area contributed by atoms with E-state index >= 15 is 0 Å². The Kier molecular flexibility index (Phi) is 4.04. The minimum atomic E-state index is -1.10. The molecule has 0 saturated heterocycles. The van der Waals surface area contributed by atoms with Crippen molar-refractivity contribution >= 4 is 17.7 Å². The van der Waals surface area contributed by atoms with Crippen molar-refractivity contribution in [3.63, 3.8) is 0 Å². The lowest BCUT2D eigenvalue weighted by Gasteiger charge is -2.03. The lowest BCUT2D eigenvalue weighted by Crippen LogP contribution is -2.12. The number of aromatic amines is 1. The van der Waals surface area contributed by atoms with E-state index in [0.717, 1.165) is 6.42 Å². The summed E-state index contributed by atoms with van der Waals surface area (Å²) in [4.78, 5) is 21.9. The molecule has 0 spiro atoms. The van der Waals surface area contributed by atoms with Crippen LogP contribution in [0.15, 0.2) is 6.07 Å². The van der Waals surface area contributed by atoms with Gasteiger partial charge in [-0.2, -0.15) is 5.10 Å². The molecule has 0 radical (unpaired) electrons. The Balaban J connectivity index is 2.46. The Labute approximate surface area is 93.1 Å². The third-order valence-corrected chi connectivity index (χ3v) is 2.02. The summed E-state index contributed by atoms with van der Waals surface area (Å²) < 4.78 is 0. The Morgan fingerprint density at radius 3 is 2.75 bits per heavy atom. The van der Waals surface area contributed by atoms with Gasteiger partial charge in [-0.25, -0.2) is 4.79 Å². The van der Waals surface area contributed by atoms with Crippen molar-refractivity contribution in [2.75, 3.05) is 5.32 Å². The highest BCUT2D eigenvalue weighted by atomic mass is 16.4. The molecule has 0 aliphatic heterocycles. The van der Waals surface area contributed by atoms with Gasteiger partial charge in [-0.3, -0.25) is 9.89 Å². The predicted octanol–water partition coefficient (Wildman–Crippen LogP) is 1.48. The lowest BCUT2D eigenvalue weighted by molar-refractivity contribution is -0.116. The molecule has 3 N–H and O–H groups in total. The van der Waals surface area contributed by atoms with E-state index in [1.54, 1.807) is 0 Å². The lowest BCUT2D eigenvalue weighted by atomic mass is 10.1. The van der Waals surface area contributed by atoms with Crippen molar-refractivity contribution in [3.05, 3.63) is 11.8 Å². The molecule has 1 rings (SSSR count). The van der Waals surface area contributed by atoms with Crippen LogP contribution in [-0.2, 0) is 4.79 Å². The Hall–Kier alpha value is -1.85. The Bertz CT molecular complexity index is 384. The molecule has 16 heavy (non-hydrogen) atoms.